The lowest BCUT2D eigenvalue weighted by molar-refractivity contribution is -0.171. The van der Waals surface area contributed by atoms with Crippen molar-refractivity contribution in [2.45, 2.75) is 219 Å². The van der Waals surface area contributed by atoms with E-state index in [1.807, 2.05) is 21.0 Å². The van der Waals surface area contributed by atoms with Crippen molar-refractivity contribution in [1.82, 2.24) is 4.90 Å². The number of esters is 1. The summed E-state index contributed by atoms with van der Waals surface area (Å²) in [7, 11) is 3.70. The number of carbonyl (C=O) groups excluding carboxylic acids is 1. The molecule has 1 aliphatic rings. The van der Waals surface area contributed by atoms with Gasteiger partial charge in [-0.15, -0.1) is 0 Å². The van der Waals surface area contributed by atoms with Gasteiger partial charge in [-0.05, 0) is 40.3 Å². The van der Waals surface area contributed by atoms with Crippen molar-refractivity contribution in [2.24, 2.45) is 0 Å². The monoisotopic (exact) mass is 680 g/mol. The minimum absolute atomic E-state index is 0.0936. The number of likely N-dealkylation sites (N-methyl/N-ethyl adjacent to an activating group) is 1. The Morgan fingerprint density at radius 2 is 1.02 bits per heavy atom. The van der Waals surface area contributed by atoms with E-state index in [4.69, 9.17) is 14.2 Å². The average molecular weight is 680 g/mol. The van der Waals surface area contributed by atoms with Crippen molar-refractivity contribution in [3.63, 3.8) is 0 Å². The largest absolute Gasteiger partial charge is 0.492 e. The molecule has 0 saturated heterocycles. The molecule has 1 N–H and O–H groups in total. The molecule has 0 aromatic rings. The molecule has 0 bridgehead atoms. The molecular weight excluding hydrogens is 598 g/mol. The Balaban J connectivity index is 2.38. The van der Waals surface area contributed by atoms with E-state index in [9.17, 15) is 9.90 Å². The number of rotatable bonds is 35. The van der Waals surface area contributed by atoms with Crippen LogP contribution < -0.4 is 0 Å². The molecule has 0 fully saturated rings. The van der Waals surface area contributed by atoms with Crippen molar-refractivity contribution in [3.8, 4) is 0 Å². The van der Waals surface area contributed by atoms with Crippen LogP contribution in [0.1, 0.15) is 207 Å². The summed E-state index contributed by atoms with van der Waals surface area (Å²) in [6, 6.07) is 0. The van der Waals surface area contributed by atoms with Gasteiger partial charge in [0.25, 0.3) is 0 Å². The molecular formula is C42H81NO5. The lowest BCUT2D eigenvalue weighted by atomic mass is 9.91. The van der Waals surface area contributed by atoms with Gasteiger partial charge < -0.3 is 19.3 Å². The molecule has 0 unspecified atom stereocenters. The van der Waals surface area contributed by atoms with Crippen LogP contribution in [0.15, 0.2) is 11.3 Å². The lowest BCUT2D eigenvalue weighted by Gasteiger charge is -2.27. The summed E-state index contributed by atoms with van der Waals surface area (Å²) in [5.74, 6) is 0.275. The number of carbonyl (C=O) groups is 1. The fourth-order valence-electron chi connectivity index (χ4n) is 6.94. The Bertz CT molecular complexity index is 784. The number of hydrogen-bond acceptors (Lipinski definition) is 6. The van der Waals surface area contributed by atoms with Crippen molar-refractivity contribution < 1.29 is 24.1 Å². The maximum Gasteiger partial charge on any atom is 0.320 e. The summed E-state index contributed by atoms with van der Waals surface area (Å²) in [4.78, 5) is 14.1. The standard InChI is InChI=1S/C42H81NO5/c1-6-8-10-12-14-16-18-20-22-24-26-28-30-32-34-38-40(41(45)48-42(38,3)37-47-39(44)36-43(4)5)46-35-33-31-29-27-25-23-21-19-17-15-13-11-9-7-2/h41,45H,6-37H2,1-5H3/t41-,42-/m1/s1. The summed E-state index contributed by atoms with van der Waals surface area (Å²) >= 11 is 0. The van der Waals surface area contributed by atoms with Gasteiger partial charge in [-0.3, -0.25) is 9.69 Å². The molecule has 1 heterocycles. The van der Waals surface area contributed by atoms with Crippen molar-refractivity contribution in [2.75, 3.05) is 33.9 Å². The zero-order valence-electron chi connectivity index (χ0n) is 32.7. The Morgan fingerprint density at radius 3 is 1.42 bits per heavy atom. The summed E-state index contributed by atoms with van der Waals surface area (Å²) in [6.45, 7) is 7.40. The first-order valence-electron chi connectivity index (χ1n) is 20.9. The zero-order chi connectivity index (χ0) is 35.1. The second-order valence-electron chi connectivity index (χ2n) is 15.2. The number of ether oxygens (including phenoxy) is 3. The fraction of sp³-hybridized carbons (Fsp3) is 0.929. The second-order valence-corrected chi connectivity index (χ2v) is 15.2. The van der Waals surface area contributed by atoms with Crippen molar-refractivity contribution >= 4 is 5.97 Å². The minimum Gasteiger partial charge on any atom is -0.492 e. The maximum atomic E-state index is 12.3. The van der Waals surface area contributed by atoms with Crippen LogP contribution in [0.4, 0.5) is 0 Å². The SMILES string of the molecule is CCCCCCCCCCCCCCCCOC1=C(CCCCCCCCCCCCCCCC)[C@@](C)(COC(=O)CN(C)C)O[C@H]1O. The predicted molar refractivity (Wildman–Crippen MR) is 203 cm³/mol. The highest BCUT2D eigenvalue weighted by molar-refractivity contribution is 5.71. The Kier molecular flexibility index (Phi) is 28.7. The van der Waals surface area contributed by atoms with Crippen LogP contribution in [0.2, 0.25) is 0 Å². The summed E-state index contributed by atoms with van der Waals surface area (Å²) in [6.07, 6.45) is 36.7. The molecule has 0 aliphatic carbocycles. The number of aliphatic hydroxyl groups excluding tert-OH is 1. The number of unbranched alkanes of at least 4 members (excludes halogenated alkanes) is 26. The predicted octanol–water partition coefficient (Wildman–Crippen LogP) is 11.8. The first kappa shape index (κ1) is 44.9. The summed E-state index contributed by atoms with van der Waals surface area (Å²) in [5.41, 5.74) is 0.111. The normalized spacial score (nSPS) is 17.9. The Hall–Kier alpha value is -1.11. The van der Waals surface area contributed by atoms with Gasteiger partial charge in [-0.1, -0.05) is 181 Å². The highest BCUT2D eigenvalue weighted by Gasteiger charge is 2.45. The van der Waals surface area contributed by atoms with Gasteiger partial charge in [-0.2, -0.15) is 0 Å². The van der Waals surface area contributed by atoms with Gasteiger partial charge in [0.1, 0.15) is 12.2 Å². The first-order valence-corrected chi connectivity index (χ1v) is 20.9. The van der Waals surface area contributed by atoms with Crippen LogP contribution >= 0.6 is 0 Å². The third-order valence-corrected chi connectivity index (χ3v) is 10.0. The van der Waals surface area contributed by atoms with E-state index < -0.39 is 11.9 Å². The first-order chi connectivity index (χ1) is 23.3. The molecule has 48 heavy (non-hydrogen) atoms. The van der Waals surface area contributed by atoms with E-state index in [0.717, 1.165) is 37.7 Å². The number of hydrogen-bond donors (Lipinski definition) is 1. The molecule has 284 valence electrons. The number of aliphatic hydroxyl groups is 1. The third kappa shape index (κ3) is 23.3. The second kappa shape index (κ2) is 30.7. The van der Waals surface area contributed by atoms with Gasteiger partial charge in [0.2, 0.25) is 6.29 Å². The van der Waals surface area contributed by atoms with Crippen molar-refractivity contribution in [3.05, 3.63) is 11.3 Å². The molecule has 1 rings (SSSR count). The molecule has 1 aliphatic heterocycles. The molecule has 0 spiro atoms. The summed E-state index contributed by atoms with van der Waals surface area (Å²) < 4.78 is 17.9. The van der Waals surface area contributed by atoms with Crippen LogP contribution in [-0.2, 0) is 19.0 Å². The van der Waals surface area contributed by atoms with E-state index in [2.05, 4.69) is 13.8 Å². The lowest BCUT2D eigenvalue weighted by Crippen LogP contribution is -2.37. The molecule has 6 heteroatoms. The van der Waals surface area contributed by atoms with E-state index >= 15 is 0 Å². The fourth-order valence-corrected chi connectivity index (χ4v) is 6.94. The summed E-state index contributed by atoms with van der Waals surface area (Å²) in [5, 5.41) is 10.9. The van der Waals surface area contributed by atoms with Gasteiger partial charge in [-0.25, -0.2) is 0 Å². The highest BCUT2D eigenvalue weighted by Crippen LogP contribution is 2.39. The van der Waals surface area contributed by atoms with Crippen LogP contribution in [0.3, 0.4) is 0 Å². The van der Waals surface area contributed by atoms with E-state index in [1.165, 1.54) is 154 Å². The minimum atomic E-state index is -1.10. The van der Waals surface area contributed by atoms with Gasteiger partial charge >= 0.3 is 5.97 Å². The van der Waals surface area contributed by atoms with Gasteiger partial charge in [0.05, 0.1) is 13.2 Å². The molecule has 0 radical (unpaired) electrons. The van der Waals surface area contributed by atoms with Gasteiger partial charge in [0, 0.05) is 5.57 Å². The highest BCUT2D eigenvalue weighted by atomic mass is 16.7. The average Bonchev–Trinajstić information content (AvgIpc) is 3.29. The van der Waals surface area contributed by atoms with E-state index in [0.29, 0.717) is 12.4 Å². The zero-order valence-corrected chi connectivity index (χ0v) is 32.7. The quantitative estimate of drug-likeness (QED) is 0.0531. The molecule has 0 aromatic carbocycles. The molecule has 0 saturated carbocycles. The van der Waals surface area contributed by atoms with Crippen LogP contribution in [-0.4, -0.2) is 61.7 Å². The third-order valence-electron chi connectivity index (χ3n) is 10.0. The Labute approximate surface area is 298 Å². The van der Waals surface area contributed by atoms with Crippen LogP contribution in [0.25, 0.3) is 0 Å². The van der Waals surface area contributed by atoms with Crippen LogP contribution in [0, 0.1) is 0 Å². The van der Waals surface area contributed by atoms with E-state index in [-0.39, 0.29) is 19.1 Å². The Morgan fingerprint density at radius 1 is 0.646 bits per heavy atom. The molecule has 2 atom stereocenters. The smallest absolute Gasteiger partial charge is 0.320 e. The van der Waals surface area contributed by atoms with E-state index in [1.54, 1.807) is 4.90 Å². The van der Waals surface area contributed by atoms with Crippen molar-refractivity contribution in [1.29, 1.82) is 0 Å². The van der Waals surface area contributed by atoms with Crippen LogP contribution in [0.5, 0.6) is 0 Å². The van der Waals surface area contributed by atoms with Gasteiger partial charge in [0.15, 0.2) is 5.76 Å². The molecule has 0 amide bonds. The molecule has 6 nitrogen and oxygen atoms in total. The number of nitrogens with zero attached hydrogens (tertiary/aromatic N) is 1. The topological polar surface area (TPSA) is 68.2 Å². The maximum absolute atomic E-state index is 12.3. The molecule has 0 aromatic heterocycles.